The van der Waals surface area contributed by atoms with Gasteiger partial charge in [-0.1, -0.05) is 41.4 Å². The molecule has 0 radical (unpaired) electrons. The van der Waals surface area contributed by atoms with Gasteiger partial charge < -0.3 is 10.6 Å². The van der Waals surface area contributed by atoms with Gasteiger partial charge in [0.2, 0.25) is 11.8 Å². The summed E-state index contributed by atoms with van der Waals surface area (Å²) < 4.78 is 0. The van der Waals surface area contributed by atoms with Gasteiger partial charge in [-0.2, -0.15) is 0 Å². The summed E-state index contributed by atoms with van der Waals surface area (Å²) in [5.74, 6) is -0.470. The molecule has 118 valence electrons. The number of hydrogen-bond acceptors (Lipinski definition) is 3. The summed E-state index contributed by atoms with van der Waals surface area (Å²) in [5.41, 5.74) is 1.21. The first-order chi connectivity index (χ1) is 11.0. The molecule has 2 amide bonds. The zero-order valence-electron chi connectivity index (χ0n) is 11.8. The van der Waals surface area contributed by atoms with Crippen LogP contribution in [0.3, 0.4) is 0 Å². The summed E-state index contributed by atoms with van der Waals surface area (Å²) >= 11 is 13.3. The third kappa shape index (κ3) is 3.63. The van der Waals surface area contributed by atoms with Gasteiger partial charge in [0.1, 0.15) is 0 Å². The number of benzene rings is 2. The van der Waals surface area contributed by atoms with Gasteiger partial charge in [-0.3, -0.25) is 9.59 Å². The lowest BCUT2D eigenvalue weighted by Crippen LogP contribution is -2.32. The zero-order valence-corrected chi connectivity index (χ0v) is 14.1. The second kappa shape index (κ2) is 6.83. The molecule has 3 rings (SSSR count). The number of carbonyl (C=O) groups is 2. The number of fused-ring (bicyclic) bond motifs is 1. The van der Waals surface area contributed by atoms with Crippen LogP contribution in [0.2, 0.25) is 10.0 Å². The first-order valence-corrected chi connectivity index (χ1v) is 8.48. The average Bonchev–Trinajstić information content (AvgIpc) is 2.52. The average molecular weight is 367 g/mol. The van der Waals surface area contributed by atoms with Crippen LogP contribution in [-0.4, -0.2) is 17.1 Å². The second-order valence-electron chi connectivity index (χ2n) is 4.95. The largest absolute Gasteiger partial charge is 0.325 e. The molecule has 0 aliphatic carbocycles. The Kier molecular flexibility index (Phi) is 4.80. The van der Waals surface area contributed by atoms with Crippen molar-refractivity contribution in [1.82, 2.24) is 0 Å². The maximum absolute atomic E-state index is 12.2. The molecule has 1 aliphatic rings. The van der Waals surface area contributed by atoms with E-state index in [9.17, 15) is 9.59 Å². The summed E-state index contributed by atoms with van der Waals surface area (Å²) in [4.78, 5) is 25.3. The highest BCUT2D eigenvalue weighted by Crippen LogP contribution is 2.37. The first-order valence-electron chi connectivity index (χ1n) is 6.85. The monoisotopic (exact) mass is 366 g/mol. The lowest BCUT2D eigenvalue weighted by molar-refractivity contribution is -0.120. The fourth-order valence-corrected chi connectivity index (χ4v) is 3.66. The highest BCUT2D eigenvalue weighted by Gasteiger charge is 2.28. The normalized spacial score (nSPS) is 16.4. The van der Waals surface area contributed by atoms with Crippen LogP contribution in [0.25, 0.3) is 0 Å². The molecule has 7 heteroatoms. The van der Waals surface area contributed by atoms with Gasteiger partial charge in [0.25, 0.3) is 0 Å². The Morgan fingerprint density at radius 3 is 2.78 bits per heavy atom. The number of carbonyl (C=O) groups excluding carboxylic acids is 2. The topological polar surface area (TPSA) is 58.2 Å². The van der Waals surface area contributed by atoms with E-state index in [4.69, 9.17) is 23.2 Å². The number of halogens is 2. The lowest BCUT2D eigenvalue weighted by atomic mass is 10.2. The van der Waals surface area contributed by atoms with Gasteiger partial charge in [-0.05, 0) is 24.3 Å². The van der Waals surface area contributed by atoms with E-state index in [0.29, 0.717) is 10.7 Å². The molecule has 1 aliphatic heterocycles. The van der Waals surface area contributed by atoms with E-state index >= 15 is 0 Å². The van der Waals surface area contributed by atoms with Crippen molar-refractivity contribution in [1.29, 1.82) is 0 Å². The molecule has 1 atom stereocenters. The Hall–Kier alpha value is -1.69. The van der Waals surface area contributed by atoms with E-state index in [1.807, 2.05) is 24.3 Å². The molecule has 1 unspecified atom stereocenters. The van der Waals surface area contributed by atoms with E-state index in [1.54, 1.807) is 18.2 Å². The molecule has 2 aromatic carbocycles. The number of thioether (sulfide) groups is 1. The quantitative estimate of drug-likeness (QED) is 0.844. The SMILES string of the molecule is O=C(CC1Sc2ccccc2NC1=O)Nc1cccc(Cl)c1Cl. The number of rotatable bonds is 3. The van der Waals surface area contributed by atoms with E-state index in [0.717, 1.165) is 10.6 Å². The Morgan fingerprint density at radius 2 is 1.96 bits per heavy atom. The molecule has 2 N–H and O–H groups in total. The third-order valence-corrected chi connectivity index (χ3v) is 5.40. The van der Waals surface area contributed by atoms with Crippen molar-refractivity contribution >= 4 is 58.2 Å². The first kappa shape index (κ1) is 16.2. The fraction of sp³-hybridized carbons (Fsp3) is 0.125. The van der Waals surface area contributed by atoms with Crippen molar-refractivity contribution in [3.8, 4) is 0 Å². The van der Waals surface area contributed by atoms with Crippen LogP contribution in [0.1, 0.15) is 6.42 Å². The van der Waals surface area contributed by atoms with Crippen LogP contribution in [0.5, 0.6) is 0 Å². The summed E-state index contributed by atoms with van der Waals surface area (Å²) in [7, 11) is 0. The van der Waals surface area contributed by atoms with Gasteiger partial charge in [0, 0.05) is 11.3 Å². The van der Waals surface area contributed by atoms with E-state index in [-0.39, 0.29) is 23.3 Å². The molecule has 0 fully saturated rings. The number of para-hydroxylation sites is 1. The number of hydrogen-bond donors (Lipinski definition) is 2. The van der Waals surface area contributed by atoms with Crippen molar-refractivity contribution in [2.24, 2.45) is 0 Å². The fourth-order valence-electron chi connectivity index (χ4n) is 2.20. The van der Waals surface area contributed by atoms with Crippen molar-refractivity contribution < 1.29 is 9.59 Å². The minimum absolute atomic E-state index is 0.0493. The zero-order chi connectivity index (χ0) is 16.4. The second-order valence-corrected chi connectivity index (χ2v) is 6.98. The van der Waals surface area contributed by atoms with Crippen LogP contribution in [0, 0.1) is 0 Å². The van der Waals surface area contributed by atoms with Crippen LogP contribution in [0.4, 0.5) is 11.4 Å². The third-order valence-electron chi connectivity index (χ3n) is 3.30. The summed E-state index contributed by atoms with van der Waals surface area (Å²) in [6.45, 7) is 0. The number of nitrogens with one attached hydrogen (secondary N) is 2. The highest BCUT2D eigenvalue weighted by molar-refractivity contribution is 8.01. The van der Waals surface area contributed by atoms with Crippen LogP contribution < -0.4 is 10.6 Å². The van der Waals surface area contributed by atoms with E-state index in [2.05, 4.69) is 10.6 Å². The maximum Gasteiger partial charge on any atom is 0.238 e. The van der Waals surface area contributed by atoms with Gasteiger partial charge in [-0.25, -0.2) is 0 Å². The van der Waals surface area contributed by atoms with E-state index < -0.39 is 5.25 Å². The smallest absolute Gasteiger partial charge is 0.238 e. The molecular formula is C16H12Cl2N2O2S. The summed E-state index contributed by atoms with van der Waals surface area (Å²) in [6.07, 6.45) is 0.0493. The molecule has 1 heterocycles. The minimum atomic E-state index is -0.483. The molecule has 0 aromatic heterocycles. The highest BCUT2D eigenvalue weighted by atomic mass is 35.5. The maximum atomic E-state index is 12.2. The van der Waals surface area contributed by atoms with Crippen molar-refractivity contribution in [2.45, 2.75) is 16.6 Å². The molecular weight excluding hydrogens is 355 g/mol. The van der Waals surface area contributed by atoms with Crippen LogP contribution >= 0.6 is 35.0 Å². The van der Waals surface area contributed by atoms with Crippen molar-refractivity contribution in [2.75, 3.05) is 10.6 Å². The predicted molar refractivity (Wildman–Crippen MR) is 94.4 cm³/mol. The van der Waals surface area contributed by atoms with Crippen molar-refractivity contribution in [3.05, 3.63) is 52.5 Å². The van der Waals surface area contributed by atoms with Crippen LogP contribution in [0.15, 0.2) is 47.4 Å². The molecule has 2 aromatic rings. The molecule has 0 saturated carbocycles. The van der Waals surface area contributed by atoms with Gasteiger partial charge in [0.15, 0.2) is 0 Å². The Balaban J connectivity index is 1.69. The standard InChI is InChI=1S/C16H12Cl2N2O2S/c17-9-4-3-6-11(15(9)18)19-14(21)8-13-16(22)20-10-5-1-2-7-12(10)23-13/h1-7,13H,8H2,(H,19,21)(H,20,22). The van der Waals surface area contributed by atoms with Gasteiger partial charge in [0.05, 0.1) is 26.7 Å². The molecule has 4 nitrogen and oxygen atoms in total. The Bertz CT molecular complexity index is 782. The van der Waals surface area contributed by atoms with Crippen LogP contribution in [-0.2, 0) is 9.59 Å². The number of anilines is 2. The van der Waals surface area contributed by atoms with Crippen molar-refractivity contribution in [3.63, 3.8) is 0 Å². The van der Waals surface area contributed by atoms with Gasteiger partial charge in [-0.15, -0.1) is 11.8 Å². The van der Waals surface area contributed by atoms with Gasteiger partial charge >= 0.3 is 0 Å². The minimum Gasteiger partial charge on any atom is -0.325 e. The molecule has 0 spiro atoms. The Labute approximate surface area is 147 Å². The molecule has 0 saturated heterocycles. The Morgan fingerprint density at radius 1 is 1.17 bits per heavy atom. The van der Waals surface area contributed by atoms with E-state index in [1.165, 1.54) is 11.8 Å². The number of amides is 2. The summed E-state index contributed by atoms with van der Waals surface area (Å²) in [5, 5.41) is 5.67. The summed E-state index contributed by atoms with van der Waals surface area (Å²) in [6, 6.07) is 12.5. The molecule has 0 bridgehead atoms. The molecule has 23 heavy (non-hydrogen) atoms. The predicted octanol–water partition coefficient (Wildman–Crippen LogP) is 4.44. The lowest BCUT2D eigenvalue weighted by Gasteiger charge is -2.23.